The maximum atomic E-state index is 10.4. The molecule has 0 atom stereocenters. The van der Waals surface area contributed by atoms with E-state index in [1.54, 1.807) is 0 Å². The molecule has 0 aliphatic heterocycles. The average Bonchev–Trinajstić information content (AvgIpc) is 2.65. The van der Waals surface area contributed by atoms with E-state index < -0.39 is 5.91 Å². The van der Waals surface area contributed by atoms with Crippen molar-refractivity contribution in [2.75, 3.05) is 25.0 Å². The summed E-state index contributed by atoms with van der Waals surface area (Å²) in [7, 11) is 1.87. The molecule has 0 saturated heterocycles. The molecule has 1 aromatic heterocycles. The number of anilines is 1. The van der Waals surface area contributed by atoms with Crippen LogP contribution in [0.2, 0.25) is 0 Å². The number of amides is 1. The minimum Gasteiger partial charge on any atom is -0.369 e. The largest absolute Gasteiger partial charge is 0.369 e. The molecule has 0 radical (unpaired) electrons. The van der Waals surface area contributed by atoms with Crippen LogP contribution in [0.4, 0.5) is 5.95 Å². The van der Waals surface area contributed by atoms with Gasteiger partial charge in [-0.3, -0.25) is 10.1 Å². The summed E-state index contributed by atoms with van der Waals surface area (Å²) < 4.78 is 4.95. The van der Waals surface area contributed by atoms with Gasteiger partial charge in [0.05, 0.1) is 13.1 Å². The first-order chi connectivity index (χ1) is 7.13. The summed E-state index contributed by atoms with van der Waals surface area (Å²) in [4.78, 5) is 16.4. The number of primary amides is 1. The standard InChI is InChI=1S/C8H15N5O2/c1-3-13(2)8-11-7(15-12-8)5-10-4-6(9)14/h10H,3-5H2,1-2H3,(H2,9,14). The lowest BCUT2D eigenvalue weighted by molar-refractivity contribution is -0.117. The summed E-state index contributed by atoms with van der Waals surface area (Å²) in [5.74, 6) is 0.556. The second-order valence-electron chi connectivity index (χ2n) is 3.07. The third kappa shape index (κ3) is 3.55. The number of aromatic nitrogens is 2. The highest BCUT2D eigenvalue weighted by Crippen LogP contribution is 2.05. The number of nitrogens with two attached hydrogens (primary N) is 1. The molecular weight excluding hydrogens is 198 g/mol. The second-order valence-corrected chi connectivity index (χ2v) is 3.07. The number of hydrogen-bond donors (Lipinski definition) is 2. The van der Waals surface area contributed by atoms with Crippen LogP contribution in [0.25, 0.3) is 0 Å². The number of nitrogens with zero attached hydrogens (tertiary/aromatic N) is 3. The monoisotopic (exact) mass is 213 g/mol. The maximum absolute atomic E-state index is 10.4. The maximum Gasteiger partial charge on any atom is 0.265 e. The first-order valence-electron chi connectivity index (χ1n) is 4.66. The minimum atomic E-state index is -0.416. The van der Waals surface area contributed by atoms with E-state index in [0.717, 1.165) is 6.54 Å². The van der Waals surface area contributed by atoms with Gasteiger partial charge < -0.3 is 15.2 Å². The molecule has 0 aromatic carbocycles. The predicted molar refractivity (Wildman–Crippen MR) is 54.1 cm³/mol. The van der Waals surface area contributed by atoms with Crippen molar-refractivity contribution in [2.24, 2.45) is 5.73 Å². The van der Waals surface area contributed by atoms with Crippen molar-refractivity contribution in [2.45, 2.75) is 13.5 Å². The highest BCUT2D eigenvalue weighted by molar-refractivity contribution is 5.75. The topological polar surface area (TPSA) is 97.3 Å². The van der Waals surface area contributed by atoms with E-state index in [-0.39, 0.29) is 6.54 Å². The molecule has 3 N–H and O–H groups in total. The fraction of sp³-hybridized carbons (Fsp3) is 0.625. The summed E-state index contributed by atoms with van der Waals surface area (Å²) in [5, 5.41) is 6.55. The average molecular weight is 213 g/mol. The Morgan fingerprint density at radius 2 is 2.40 bits per heavy atom. The molecule has 1 rings (SSSR count). The molecular formula is C8H15N5O2. The molecule has 0 spiro atoms. The zero-order valence-electron chi connectivity index (χ0n) is 8.86. The van der Waals surface area contributed by atoms with Gasteiger partial charge in [-0.1, -0.05) is 0 Å². The van der Waals surface area contributed by atoms with E-state index in [9.17, 15) is 4.79 Å². The quantitative estimate of drug-likeness (QED) is 0.635. The molecule has 7 heteroatoms. The lowest BCUT2D eigenvalue weighted by atomic mass is 10.5. The fourth-order valence-corrected chi connectivity index (χ4v) is 0.907. The lowest BCUT2D eigenvalue weighted by Crippen LogP contribution is -2.28. The Morgan fingerprint density at radius 3 is 3.00 bits per heavy atom. The molecule has 0 unspecified atom stereocenters. The van der Waals surface area contributed by atoms with E-state index in [2.05, 4.69) is 15.5 Å². The molecule has 0 fully saturated rings. The van der Waals surface area contributed by atoms with Gasteiger partial charge in [-0.2, -0.15) is 4.98 Å². The summed E-state index contributed by atoms with van der Waals surface area (Å²) in [6.45, 7) is 3.23. The van der Waals surface area contributed by atoms with Gasteiger partial charge in [0.15, 0.2) is 0 Å². The van der Waals surface area contributed by atoms with Crippen molar-refractivity contribution < 1.29 is 9.32 Å². The van der Waals surface area contributed by atoms with Crippen molar-refractivity contribution in [3.8, 4) is 0 Å². The number of carbonyl (C=O) groups excluding carboxylic acids is 1. The molecule has 0 bridgehead atoms. The van der Waals surface area contributed by atoms with Gasteiger partial charge in [-0.25, -0.2) is 0 Å². The van der Waals surface area contributed by atoms with Crippen LogP contribution in [-0.2, 0) is 11.3 Å². The summed E-state index contributed by atoms with van der Waals surface area (Å²) >= 11 is 0. The number of rotatable bonds is 6. The van der Waals surface area contributed by atoms with Crippen LogP contribution >= 0.6 is 0 Å². The van der Waals surface area contributed by atoms with Crippen LogP contribution in [0.5, 0.6) is 0 Å². The van der Waals surface area contributed by atoms with Crippen LogP contribution in [0.15, 0.2) is 4.52 Å². The molecule has 84 valence electrons. The van der Waals surface area contributed by atoms with Gasteiger partial charge in [0.2, 0.25) is 11.8 Å². The van der Waals surface area contributed by atoms with E-state index >= 15 is 0 Å². The summed E-state index contributed by atoms with van der Waals surface area (Å²) in [6, 6.07) is 0. The van der Waals surface area contributed by atoms with E-state index in [1.165, 1.54) is 0 Å². The smallest absolute Gasteiger partial charge is 0.265 e. The summed E-state index contributed by atoms with van der Waals surface area (Å²) in [6.07, 6.45) is 0. The molecule has 1 aromatic rings. The highest BCUT2D eigenvalue weighted by Gasteiger charge is 2.08. The van der Waals surface area contributed by atoms with Crippen LogP contribution < -0.4 is 16.0 Å². The van der Waals surface area contributed by atoms with Gasteiger partial charge in [-0.05, 0) is 12.1 Å². The first kappa shape index (κ1) is 11.4. The van der Waals surface area contributed by atoms with E-state index in [1.807, 2.05) is 18.9 Å². The van der Waals surface area contributed by atoms with Gasteiger partial charge in [0.1, 0.15) is 0 Å². The molecule has 0 saturated carbocycles. The van der Waals surface area contributed by atoms with Gasteiger partial charge in [0, 0.05) is 13.6 Å². The number of nitrogens with one attached hydrogen (secondary N) is 1. The van der Waals surface area contributed by atoms with Crippen LogP contribution in [-0.4, -0.2) is 36.2 Å². The molecule has 0 aliphatic rings. The molecule has 0 aliphatic carbocycles. The molecule has 1 amide bonds. The van der Waals surface area contributed by atoms with E-state index in [4.69, 9.17) is 10.3 Å². The molecule has 15 heavy (non-hydrogen) atoms. The zero-order chi connectivity index (χ0) is 11.3. The second kappa shape index (κ2) is 5.30. The minimum absolute atomic E-state index is 0.0985. The fourth-order valence-electron chi connectivity index (χ4n) is 0.907. The Hall–Kier alpha value is -1.63. The van der Waals surface area contributed by atoms with Gasteiger partial charge >= 0.3 is 0 Å². The predicted octanol–water partition coefficient (Wildman–Crippen LogP) is -0.899. The third-order valence-corrected chi connectivity index (χ3v) is 1.85. The van der Waals surface area contributed by atoms with Crippen molar-refractivity contribution in [1.82, 2.24) is 15.5 Å². The summed E-state index contributed by atoms with van der Waals surface area (Å²) in [5.41, 5.74) is 4.96. The van der Waals surface area contributed by atoms with Gasteiger partial charge in [0.25, 0.3) is 5.95 Å². The zero-order valence-corrected chi connectivity index (χ0v) is 8.86. The van der Waals surface area contributed by atoms with Crippen molar-refractivity contribution in [1.29, 1.82) is 0 Å². The number of carbonyl (C=O) groups is 1. The first-order valence-corrected chi connectivity index (χ1v) is 4.66. The Morgan fingerprint density at radius 1 is 1.67 bits per heavy atom. The Balaban J connectivity index is 2.42. The highest BCUT2D eigenvalue weighted by atomic mass is 16.5. The van der Waals surface area contributed by atoms with Crippen molar-refractivity contribution in [3.05, 3.63) is 5.89 Å². The van der Waals surface area contributed by atoms with Gasteiger partial charge in [-0.15, -0.1) is 0 Å². The van der Waals surface area contributed by atoms with Crippen LogP contribution in [0.3, 0.4) is 0 Å². The normalized spacial score (nSPS) is 10.3. The third-order valence-electron chi connectivity index (χ3n) is 1.85. The van der Waals surface area contributed by atoms with Crippen molar-refractivity contribution in [3.63, 3.8) is 0 Å². The Labute approximate surface area is 87.6 Å². The van der Waals surface area contributed by atoms with Crippen LogP contribution in [0, 0.1) is 0 Å². The Bertz CT molecular complexity index is 325. The van der Waals surface area contributed by atoms with Crippen LogP contribution in [0.1, 0.15) is 12.8 Å². The SMILES string of the molecule is CCN(C)c1noc(CNCC(N)=O)n1. The Kier molecular flexibility index (Phi) is 4.04. The molecule has 1 heterocycles. The number of hydrogen-bond acceptors (Lipinski definition) is 6. The van der Waals surface area contributed by atoms with Crippen molar-refractivity contribution >= 4 is 11.9 Å². The molecule has 7 nitrogen and oxygen atoms in total. The lowest BCUT2D eigenvalue weighted by Gasteiger charge is -2.08. The van der Waals surface area contributed by atoms with E-state index in [0.29, 0.717) is 18.4 Å².